The minimum atomic E-state index is -0.616. The summed E-state index contributed by atoms with van der Waals surface area (Å²) in [5.74, 6) is 0.429. The fraction of sp³-hybridized carbons (Fsp3) is 0.278. The number of nitrogens with one attached hydrogen (secondary N) is 1. The predicted octanol–water partition coefficient (Wildman–Crippen LogP) is 3.82. The molecule has 1 aromatic carbocycles. The summed E-state index contributed by atoms with van der Waals surface area (Å²) >= 11 is 1.08. The van der Waals surface area contributed by atoms with Gasteiger partial charge in [-0.2, -0.15) is 4.98 Å². The zero-order valence-corrected chi connectivity index (χ0v) is 15.7. The molecule has 3 rings (SSSR count). The number of aromatic nitrogens is 2. The summed E-state index contributed by atoms with van der Waals surface area (Å²) < 4.78 is 5.25. The topological polar surface area (TPSA) is 111 Å². The molecule has 0 fully saturated rings. The summed E-state index contributed by atoms with van der Waals surface area (Å²) in [6.07, 6.45) is 1.51. The Morgan fingerprint density at radius 1 is 1.37 bits per heavy atom. The number of rotatable bonds is 7. The molecule has 0 saturated heterocycles. The first-order chi connectivity index (χ1) is 13.0. The quantitative estimate of drug-likeness (QED) is 0.488. The third-order valence-electron chi connectivity index (χ3n) is 3.93. The Balaban J connectivity index is 1.90. The Kier molecular flexibility index (Phi) is 5.60. The summed E-state index contributed by atoms with van der Waals surface area (Å²) in [5.41, 5.74) is 0.726. The van der Waals surface area contributed by atoms with Crippen molar-refractivity contribution in [3.63, 3.8) is 0 Å². The van der Waals surface area contributed by atoms with E-state index < -0.39 is 16.9 Å². The van der Waals surface area contributed by atoms with Crippen LogP contribution in [0.2, 0.25) is 0 Å². The molecular weight excluding hydrogens is 368 g/mol. The van der Waals surface area contributed by atoms with Crippen LogP contribution in [0.1, 0.15) is 51.2 Å². The van der Waals surface area contributed by atoms with Gasteiger partial charge in [-0.15, -0.1) is 11.3 Å². The molecule has 0 unspecified atom stereocenters. The molecular formula is C18H18N4O4S. The van der Waals surface area contributed by atoms with E-state index in [0.29, 0.717) is 23.0 Å². The van der Waals surface area contributed by atoms with Crippen molar-refractivity contribution in [2.45, 2.75) is 32.7 Å². The number of thiophene rings is 1. The molecule has 1 atom stereocenters. The molecule has 0 bridgehead atoms. The molecule has 2 heterocycles. The average molecular weight is 386 g/mol. The minimum absolute atomic E-state index is 0.0637. The fourth-order valence-electron chi connectivity index (χ4n) is 2.61. The fourth-order valence-corrected chi connectivity index (χ4v) is 3.50. The van der Waals surface area contributed by atoms with Crippen LogP contribution >= 0.6 is 11.3 Å². The van der Waals surface area contributed by atoms with Gasteiger partial charge in [0.25, 0.3) is 11.6 Å². The smallest absolute Gasteiger partial charge is 0.283 e. The summed E-state index contributed by atoms with van der Waals surface area (Å²) in [6, 6.07) is 9.94. The molecule has 0 aliphatic carbocycles. The molecule has 140 valence electrons. The van der Waals surface area contributed by atoms with Gasteiger partial charge < -0.3 is 9.84 Å². The standard InChI is InChI=1S/C18H18N4O4S/c1-3-7-15-19-17(21-26-15)16(12-8-5-4-6-9-12)20-18(23)14-10-13(22(24)25)11(2)27-14/h4-6,8-10,16H,3,7H2,1-2H3,(H,20,23)/t16-/m1/s1. The van der Waals surface area contributed by atoms with Gasteiger partial charge in [0.2, 0.25) is 5.89 Å². The minimum Gasteiger partial charge on any atom is -0.339 e. The Morgan fingerprint density at radius 2 is 2.11 bits per heavy atom. The number of nitro groups is 1. The van der Waals surface area contributed by atoms with Crippen molar-refractivity contribution in [3.8, 4) is 0 Å². The van der Waals surface area contributed by atoms with Gasteiger partial charge in [0.05, 0.1) is 14.7 Å². The van der Waals surface area contributed by atoms with Crippen molar-refractivity contribution in [2.24, 2.45) is 0 Å². The largest absolute Gasteiger partial charge is 0.339 e. The Bertz CT molecular complexity index is 951. The molecule has 1 N–H and O–H groups in total. The number of benzene rings is 1. The van der Waals surface area contributed by atoms with E-state index in [-0.39, 0.29) is 10.6 Å². The third kappa shape index (κ3) is 4.20. The molecule has 2 aromatic heterocycles. The van der Waals surface area contributed by atoms with E-state index in [0.717, 1.165) is 23.3 Å². The number of nitrogens with zero attached hydrogens (tertiary/aromatic N) is 3. The van der Waals surface area contributed by atoms with Crippen molar-refractivity contribution >= 4 is 22.9 Å². The monoisotopic (exact) mass is 386 g/mol. The van der Waals surface area contributed by atoms with Gasteiger partial charge in [0, 0.05) is 12.5 Å². The highest BCUT2D eigenvalue weighted by Crippen LogP contribution is 2.29. The van der Waals surface area contributed by atoms with Crippen LogP contribution in [0.25, 0.3) is 0 Å². The van der Waals surface area contributed by atoms with Crippen molar-refractivity contribution in [3.05, 3.63) is 73.5 Å². The molecule has 0 spiro atoms. The molecule has 0 aliphatic rings. The van der Waals surface area contributed by atoms with Gasteiger partial charge in [0.1, 0.15) is 6.04 Å². The van der Waals surface area contributed by atoms with Gasteiger partial charge in [-0.25, -0.2) is 0 Å². The van der Waals surface area contributed by atoms with Crippen LogP contribution in [0.3, 0.4) is 0 Å². The molecule has 9 heteroatoms. The number of amides is 1. The Morgan fingerprint density at radius 3 is 2.74 bits per heavy atom. The number of aryl methyl sites for hydroxylation is 2. The van der Waals surface area contributed by atoms with E-state index >= 15 is 0 Å². The molecule has 1 amide bonds. The average Bonchev–Trinajstić information content (AvgIpc) is 3.27. The lowest BCUT2D eigenvalue weighted by Gasteiger charge is -2.15. The van der Waals surface area contributed by atoms with E-state index in [2.05, 4.69) is 15.5 Å². The van der Waals surface area contributed by atoms with Crippen LogP contribution in [-0.4, -0.2) is 21.0 Å². The van der Waals surface area contributed by atoms with Gasteiger partial charge in [-0.3, -0.25) is 14.9 Å². The van der Waals surface area contributed by atoms with Crippen molar-refractivity contribution in [1.82, 2.24) is 15.5 Å². The second kappa shape index (κ2) is 8.09. The van der Waals surface area contributed by atoms with Gasteiger partial charge in [-0.05, 0) is 18.9 Å². The van der Waals surface area contributed by atoms with Crippen LogP contribution in [0, 0.1) is 17.0 Å². The molecule has 3 aromatic rings. The summed E-state index contributed by atoms with van der Waals surface area (Å²) in [4.78, 5) is 28.4. The van der Waals surface area contributed by atoms with E-state index in [1.54, 1.807) is 6.92 Å². The number of carbonyl (C=O) groups excluding carboxylic acids is 1. The lowest BCUT2D eigenvalue weighted by Crippen LogP contribution is -2.29. The van der Waals surface area contributed by atoms with Gasteiger partial charge >= 0.3 is 0 Å². The van der Waals surface area contributed by atoms with Crippen molar-refractivity contribution in [2.75, 3.05) is 0 Å². The van der Waals surface area contributed by atoms with Gasteiger partial charge in [-0.1, -0.05) is 42.4 Å². The van der Waals surface area contributed by atoms with Gasteiger partial charge in [0.15, 0.2) is 5.82 Å². The maximum Gasteiger partial charge on any atom is 0.283 e. The SMILES string of the molecule is CCCc1nc([C@H](NC(=O)c2cc([N+](=O)[O-])c(C)s2)c2ccccc2)no1. The second-order valence-corrected chi connectivity index (χ2v) is 7.18. The van der Waals surface area contributed by atoms with E-state index in [4.69, 9.17) is 4.52 Å². The first kappa shape index (κ1) is 18.7. The summed E-state index contributed by atoms with van der Waals surface area (Å²) in [5, 5.41) is 17.9. The second-order valence-electron chi connectivity index (χ2n) is 5.92. The number of hydrogen-bond acceptors (Lipinski definition) is 7. The lowest BCUT2D eigenvalue weighted by atomic mass is 10.1. The zero-order chi connectivity index (χ0) is 19.4. The lowest BCUT2D eigenvalue weighted by molar-refractivity contribution is -0.385. The Labute approximate surface area is 159 Å². The highest BCUT2D eigenvalue weighted by Gasteiger charge is 2.26. The number of carbonyl (C=O) groups is 1. The molecule has 0 aliphatic heterocycles. The summed E-state index contributed by atoms with van der Waals surface area (Å²) in [7, 11) is 0. The highest BCUT2D eigenvalue weighted by molar-refractivity contribution is 7.14. The molecule has 0 saturated carbocycles. The third-order valence-corrected chi connectivity index (χ3v) is 4.96. The maximum atomic E-state index is 12.7. The molecule has 27 heavy (non-hydrogen) atoms. The van der Waals surface area contributed by atoms with Crippen LogP contribution in [0.15, 0.2) is 40.9 Å². The maximum absolute atomic E-state index is 12.7. The molecule has 0 radical (unpaired) electrons. The van der Waals surface area contributed by atoms with E-state index in [9.17, 15) is 14.9 Å². The van der Waals surface area contributed by atoms with Crippen LogP contribution in [0.5, 0.6) is 0 Å². The first-order valence-corrected chi connectivity index (χ1v) is 9.24. The first-order valence-electron chi connectivity index (χ1n) is 8.42. The highest BCUT2D eigenvalue weighted by atomic mass is 32.1. The van der Waals surface area contributed by atoms with Crippen molar-refractivity contribution in [1.29, 1.82) is 0 Å². The predicted molar refractivity (Wildman–Crippen MR) is 99.8 cm³/mol. The van der Waals surface area contributed by atoms with E-state index in [1.165, 1.54) is 6.07 Å². The summed E-state index contributed by atoms with van der Waals surface area (Å²) in [6.45, 7) is 3.62. The zero-order valence-electron chi connectivity index (χ0n) is 14.8. The Hall–Kier alpha value is -3.07. The normalized spacial score (nSPS) is 11.9. The van der Waals surface area contributed by atoms with Crippen molar-refractivity contribution < 1.29 is 14.2 Å². The van der Waals surface area contributed by atoms with Crippen LogP contribution < -0.4 is 5.32 Å². The molecule has 8 nitrogen and oxygen atoms in total. The van der Waals surface area contributed by atoms with Crippen LogP contribution in [0.4, 0.5) is 5.69 Å². The number of hydrogen-bond donors (Lipinski definition) is 1. The van der Waals surface area contributed by atoms with Crippen LogP contribution in [-0.2, 0) is 6.42 Å². The van der Waals surface area contributed by atoms with E-state index in [1.807, 2.05) is 37.3 Å².